The number of aryl methyl sites for hydroxylation is 1. The quantitative estimate of drug-likeness (QED) is 0.174. The van der Waals surface area contributed by atoms with Crippen molar-refractivity contribution in [2.45, 2.75) is 56.7 Å². The Balaban J connectivity index is 1.50. The first kappa shape index (κ1) is 29.8. The molecular weight excluding hydrogens is 512 g/mol. The van der Waals surface area contributed by atoms with E-state index in [1.165, 1.54) is 0 Å². The zero-order valence-corrected chi connectivity index (χ0v) is 23.8. The molecule has 4 rings (SSSR count). The van der Waals surface area contributed by atoms with Gasteiger partial charge >= 0.3 is 0 Å². The van der Waals surface area contributed by atoms with Gasteiger partial charge in [-0.1, -0.05) is 97.9 Å². The van der Waals surface area contributed by atoms with Gasteiger partial charge < -0.3 is 21.3 Å². The number of hydrogen-bond acceptors (Lipinski definition) is 4. The smallest absolute Gasteiger partial charge is 0.241 e. The molecule has 1 heterocycles. The van der Waals surface area contributed by atoms with Crippen molar-refractivity contribution in [3.8, 4) is 0 Å². The molecule has 0 spiro atoms. The third-order valence-electron chi connectivity index (χ3n) is 7.76. The van der Waals surface area contributed by atoms with Gasteiger partial charge in [0.2, 0.25) is 11.8 Å². The molecule has 1 saturated heterocycles. The highest BCUT2D eigenvalue weighted by Gasteiger charge is 2.37. The minimum absolute atomic E-state index is 0.0112. The second-order valence-electron chi connectivity index (χ2n) is 10.7. The monoisotopic (exact) mass is 554 g/mol. The molecule has 3 aromatic carbocycles. The SMILES string of the molecule is CCC(NC(=N)N)[C@@H]1N[C@H](CNC(=O)CCc2ccccc2)CCN(CC(c2ccccc2)c2ccccc2)C1=O. The van der Waals surface area contributed by atoms with E-state index in [2.05, 4.69) is 40.2 Å². The van der Waals surface area contributed by atoms with E-state index in [1.54, 1.807) is 0 Å². The van der Waals surface area contributed by atoms with Crippen LogP contribution in [0.15, 0.2) is 91.0 Å². The molecule has 0 bridgehead atoms. The molecule has 3 atom stereocenters. The Kier molecular flexibility index (Phi) is 10.9. The van der Waals surface area contributed by atoms with Crippen molar-refractivity contribution in [3.05, 3.63) is 108 Å². The molecule has 1 unspecified atom stereocenters. The average Bonchev–Trinajstić information content (AvgIpc) is 3.16. The van der Waals surface area contributed by atoms with Crippen LogP contribution in [0.5, 0.6) is 0 Å². The van der Waals surface area contributed by atoms with Crippen LogP contribution in [0, 0.1) is 5.41 Å². The maximum atomic E-state index is 14.1. The van der Waals surface area contributed by atoms with Gasteiger partial charge in [0.15, 0.2) is 5.96 Å². The summed E-state index contributed by atoms with van der Waals surface area (Å²) in [5.41, 5.74) is 9.13. The van der Waals surface area contributed by atoms with Crippen LogP contribution in [-0.2, 0) is 16.0 Å². The van der Waals surface area contributed by atoms with E-state index >= 15 is 0 Å². The largest absolute Gasteiger partial charge is 0.370 e. The van der Waals surface area contributed by atoms with Crippen molar-refractivity contribution in [1.82, 2.24) is 20.9 Å². The van der Waals surface area contributed by atoms with Gasteiger partial charge in [-0.25, -0.2) is 0 Å². The molecule has 6 N–H and O–H groups in total. The van der Waals surface area contributed by atoms with Gasteiger partial charge in [-0.2, -0.15) is 0 Å². The van der Waals surface area contributed by atoms with Gasteiger partial charge in [0.25, 0.3) is 0 Å². The van der Waals surface area contributed by atoms with E-state index in [-0.39, 0.29) is 35.8 Å². The second kappa shape index (κ2) is 15.0. The molecule has 1 aliphatic rings. The molecule has 8 nitrogen and oxygen atoms in total. The van der Waals surface area contributed by atoms with Gasteiger partial charge in [0.1, 0.15) is 6.04 Å². The maximum absolute atomic E-state index is 14.1. The predicted octanol–water partition coefficient (Wildman–Crippen LogP) is 3.39. The van der Waals surface area contributed by atoms with Crippen LogP contribution < -0.4 is 21.7 Å². The molecule has 0 radical (unpaired) electrons. The zero-order chi connectivity index (χ0) is 29.0. The predicted molar refractivity (Wildman–Crippen MR) is 164 cm³/mol. The Bertz CT molecular complexity index is 1210. The van der Waals surface area contributed by atoms with Crippen LogP contribution in [0.1, 0.15) is 48.8 Å². The van der Waals surface area contributed by atoms with E-state index < -0.39 is 6.04 Å². The third-order valence-corrected chi connectivity index (χ3v) is 7.76. The Morgan fingerprint density at radius 1 is 1.00 bits per heavy atom. The van der Waals surface area contributed by atoms with Crippen molar-refractivity contribution in [2.24, 2.45) is 5.73 Å². The van der Waals surface area contributed by atoms with Crippen molar-refractivity contribution in [2.75, 3.05) is 19.6 Å². The highest BCUT2D eigenvalue weighted by atomic mass is 16.2. The summed E-state index contributed by atoms with van der Waals surface area (Å²) >= 11 is 0. The van der Waals surface area contributed by atoms with Gasteiger partial charge in [-0.3, -0.25) is 20.3 Å². The van der Waals surface area contributed by atoms with Crippen LogP contribution in [0.2, 0.25) is 0 Å². The molecule has 0 aliphatic carbocycles. The molecule has 2 amide bonds. The Morgan fingerprint density at radius 3 is 2.15 bits per heavy atom. The zero-order valence-electron chi connectivity index (χ0n) is 23.8. The van der Waals surface area contributed by atoms with Crippen LogP contribution in [-0.4, -0.2) is 60.4 Å². The van der Waals surface area contributed by atoms with Crippen LogP contribution in [0.4, 0.5) is 0 Å². The van der Waals surface area contributed by atoms with E-state index in [0.29, 0.717) is 45.3 Å². The lowest BCUT2D eigenvalue weighted by Gasteiger charge is -2.33. The molecule has 1 aliphatic heterocycles. The molecule has 3 aromatic rings. The van der Waals surface area contributed by atoms with E-state index in [1.807, 2.05) is 78.6 Å². The Labute approximate surface area is 243 Å². The third kappa shape index (κ3) is 8.66. The van der Waals surface area contributed by atoms with Gasteiger partial charge in [0, 0.05) is 38.0 Å². The second-order valence-corrected chi connectivity index (χ2v) is 10.7. The van der Waals surface area contributed by atoms with Crippen LogP contribution in [0.25, 0.3) is 0 Å². The fourth-order valence-corrected chi connectivity index (χ4v) is 5.50. The summed E-state index contributed by atoms with van der Waals surface area (Å²) in [7, 11) is 0. The highest BCUT2D eigenvalue weighted by molar-refractivity contribution is 5.84. The molecule has 1 fully saturated rings. The summed E-state index contributed by atoms with van der Waals surface area (Å²) < 4.78 is 0. The minimum atomic E-state index is -0.593. The van der Waals surface area contributed by atoms with Crippen LogP contribution >= 0.6 is 0 Å². The first-order chi connectivity index (χ1) is 19.9. The number of amides is 2. The number of rotatable bonds is 12. The first-order valence-electron chi connectivity index (χ1n) is 14.5. The first-order valence-corrected chi connectivity index (χ1v) is 14.5. The standard InChI is InChI=1S/C33H42N6O2/c1-2-29(38-33(34)35)31-32(41)39(23-28(25-14-8-4-9-15-25)26-16-10-5-11-17-26)21-20-27(37-31)22-36-30(40)19-18-24-12-6-3-7-13-24/h3-17,27-29,31,37H,2,18-23H2,1H3,(H,36,40)(H4,34,35,38)/t27-,29?,31-/m0/s1. The van der Waals surface area contributed by atoms with Crippen molar-refractivity contribution >= 4 is 17.8 Å². The lowest BCUT2D eigenvalue weighted by atomic mass is 9.90. The summed E-state index contributed by atoms with van der Waals surface area (Å²) in [4.78, 5) is 28.7. The average molecular weight is 555 g/mol. The summed E-state index contributed by atoms with van der Waals surface area (Å²) in [6.07, 6.45) is 2.38. The lowest BCUT2D eigenvalue weighted by molar-refractivity contribution is -0.133. The molecule has 0 saturated carbocycles. The van der Waals surface area contributed by atoms with Crippen molar-refractivity contribution in [1.29, 1.82) is 5.41 Å². The van der Waals surface area contributed by atoms with Gasteiger partial charge in [0.05, 0.1) is 6.04 Å². The summed E-state index contributed by atoms with van der Waals surface area (Å²) in [5, 5.41) is 17.4. The fraction of sp³-hybridized carbons (Fsp3) is 0.364. The summed E-state index contributed by atoms with van der Waals surface area (Å²) in [5.74, 6) is -0.196. The lowest BCUT2D eigenvalue weighted by Crippen LogP contribution is -2.60. The Morgan fingerprint density at radius 2 is 1.59 bits per heavy atom. The van der Waals surface area contributed by atoms with E-state index in [9.17, 15) is 9.59 Å². The number of nitrogens with two attached hydrogens (primary N) is 1. The fourth-order valence-electron chi connectivity index (χ4n) is 5.50. The topological polar surface area (TPSA) is 123 Å². The number of hydrogen-bond donors (Lipinski definition) is 5. The van der Waals surface area contributed by atoms with E-state index in [4.69, 9.17) is 11.1 Å². The number of nitrogens with zero attached hydrogens (tertiary/aromatic N) is 1. The molecule has 0 aromatic heterocycles. The number of carbonyl (C=O) groups excluding carboxylic acids is 2. The maximum Gasteiger partial charge on any atom is 0.241 e. The van der Waals surface area contributed by atoms with Crippen LogP contribution in [0.3, 0.4) is 0 Å². The molecule has 8 heteroatoms. The summed E-state index contributed by atoms with van der Waals surface area (Å²) in [6.45, 7) is 3.47. The minimum Gasteiger partial charge on any atom is -0.370 e. The number of benzene rings is 3. The molecular formula is C33H42N6O2. The Hall–Kier alpha value is -4.17. The summed E-state index contributed by atoms with van der Waals surface area (Å²) in [6, 6.07) is 29.5. The normalized spacial score (nSPS) is 18.0. The number of guanidine groups is 1. The van der Waals surface area contributed by atoms with E-state index in [0.717, 1.165) is 16.7 Å². The van der Waals surface area contributed by atoms with Crippen molar-refractivity contribution < 1.29 is 9.59 Å². The molecule has 216 valence electrons. The molecule has 41 heavy (non-hydrogen) atoms. The van der Waals surface area contributed by atoms with Gasteiger partial charge in [-0.05, 0) is 36.0 Å². The number of nitrogens with one attached hydrogen (secondary N) is 4. The van der Waals surface area contributed by atoms with Crippen molar-refractivity contribution in [3.63, 3.8) is 0 Å². The number of carbonyl (C=O) groups is 2. The van der Waals surface area contributed by atoms with Gasteiger partial charge in [-0.15, -0.1) is 0 Å². The highest BCUT2D eigenvalue weighted by Crippen LogP contribution is 2.27.